The van der Waals surface area contributed by atoms with Gasteiger partial charge in [0.1, 0.15) is 10.4 Å². The zero-order valence-electron chi connectivity index (χ0n) is 11.3. The highest BCUT2D eigenvalue weighted by Crippen LogP contribution is 2.38. The number of halogens is 1. The van der Waals surface area contributed by atoms with Crippen LogP contribution in [0.4, 0.5) is 0 Å². The van der Waals surface area contributed by atoms with Gasteiger partial charge in [-0.25, -0.2) is 0 Å². The number of fused-ring (bicyclic) bond motifs is 1. The molecule has 0 radical (unpaired) electrons. The normalized spacial score (nSPS) is 10.9. The van der Waals surface area contributed by atoms with E-state index in [0.29, 0.717) is 0 Å². The van der Waals surface area contributed by atoms with Crippen LogP contribution < -0.4 is 4.74 Å². The smallest absolute Gasteiger partial charge is 0.119 e. The Labute approximate surface area is 130 Å². The van der Waals surface area contributed by atoms with Crippen molar-refractivity contribution in [1.82, 2.24) is 4.57 Å². The van der Waals surface area contributed by atoms with Crippen LogP contribution in [0.3, 0.4) is 0 Å². The van der Waals surface area contributed by atoms with Crippen LogP contribution in [0.25, 0.3) is 16.6 Å². The summed E-state index contributed by atoms with van der Waals surface area (Å²) in [5.41, 5.74) is 2.32. The van der Waals surface area contributed by atoms with Crippen LogP contribution in [0.15, 0.2) is 58.0 Å². The van der Waals surface area contributed by atoms with Gasteiger partial charge in [-0.15, -0.1) is 11.8 Å². The van der Waals surface area contributed by atoms with E-state index >= 15 is 0 Å². The topological polar surface area (TPSA) is 14.2 Å². The molecule has 0 aliphatic rings. The predicted molar refractivity (Wildman–Crippen MR) is 89.3 cm³/mol. The fourth-order valence-corrected chi connectivity index (χ4v) is 4.10. The molecule has 0 N–H and O–H groups in total. The standard InChI is InChI=1S/C16H14BrNOS/c1-19-12-9-7-11(8-10-12)18-14-6-4-3-5-13(14)15(20-2)16(18)17/h3-10H,1-2H3. The maximum atomic E-state index is 5.22. The third-order valence-electron chi connectivity index (χ3n) is 3.31. The summed E-state index contributed by atoms with van der Waals surface area (Å²) in [4.78, 5) is 1.26. The van der Waals surface area contributed by atoms with Gasteiger partial charge in [-0.05, 0) is 52.5 Å². The lowest BCUT2D eigenvalue weighted by atomic mass is 10.2. The number of thioether (sulfide) groups is 1. The number of ether oxygens (including phenoxy) is 1. The molecule has 102 valence electrons. The summed E-state index contributed by atoms with van der Waals surface area (Å²) in [6.07, 6.45) is 2.10. The van der Waals surface area contributed by atoms with E-state index in [-0.39, 0.29) is 0 Å². The molecule has 0 unspecified atom stereocenters. The maximum absolute atomic E-state index is 5.22. The molecule has 0 atom stereocenters. The lowest BCUT2D eigenvalue weighted by Gasteiger charge is -2.08. The summed E-state index contributed by atoms with van der Waals surface area (Å²) in [6, 6.07) is 16.5. The van der Waals surface area contributed by atoms with Crippen molar-refractivity contribution in [3.8, 4) is 11.4 Å². The number of methoxy groups -OCH3 is 1. The van der Waals surface area contributed by atoms with Crippen molar-refractivity contribution in [2.45, 2.75) is 4.90 Å². The van der Waals surface area contributed by atoms with Gasteiger partial charge < -0.3 is 9.30 Å². The number of para-hydroxylation sites is 1. The van der Waals surface area contributed by atoms with Gasteiger partial charge in [0.15, 0.2) is 0 Å². The van der Waals surface area contributed by atoms with Crippen LogP contribution in [0.5, 0.6) is 5.75 Å². The molecule has 1 aromatic heterocycles. The Morgan fingerprint density at radius 1 is 1.05 bits per heavy atom. The van der Waals surface area contributed by atoms with E-state index in [9.17, 15) is 0 Å². The van der Waals surface area contributed by atoms with E-state index in [1.165, 1.54) is 15.8 Å². The van der Waals surface area contributed by atoms with E-state index in [2.05, 4.69) is 63.2 Å². The number of hydrogen-bond acceptors (Lipinski definition) is 2. The summed E-state index contributed by atoms with van der Waals surface area (Å²) >= 11 is 5.49. The highest BCUT2D eigenvalue weighted by molar-refractivity contribution is 9.10. The summed E-state index contributed by atoms with van der Waals surface area (Å²) in [5.74, 6) is 0.867. The first kappa shape index (κ1) is 13.6. The van der Waals surface area contributed by atoms with Gasteiger partial charge in [0.05, 0.1) is 12.6 Å². The van der Waals surface area contributed by atoms with Gasteiger partial charge in [0.2, 0.25) is 0 Å². The Hall–Kier alpha value is -1.39. The van der Waals surface area contributed by atoms with Gasteiger partial charge >= 0.3 is 0 Å². The second-order valence-electron chi connectivity index (χ2n) is 4.37. The molecule has 3 aromatic rings. The minimum atomic E-state index is 0.867. The van der Waals surface area contributed by atoms with E-state index in [0.717, 1.165) is 16.0 Å². The third-order valence-corrected chi connectivity index (χ3v) is 5.14. The van der Waals surface area contributed by atoms with Crippen LogP contribution in [-0.2, 0) is 0 Å². The summed E-state index contributed by atoms with van der Waals surface area (Å²) < 4.78 is 8.54. The van der Waals surface area contributed by atoms with Crippen LogP contribution in [0.2, 0.25) is 0 Å². The van der Waals surface area contributed by atoms with E-state index in [1.807, 2.05) is 12.1 Å². The zero-order valence-corrected chi connectivity index (χ0v) is 13.7. The predicted octanol–water partition coefficient (Wildman–Crippen LogP) is 5.12. The van der Waals surface area contributed by atoms with Gasteiger partial charge in [-0.1, -0.05) is 18.2 Å². The fraction of sp³-hybridized carbons (Fsp3) is 0.125. The van der Waals surface area contributed by atoms with Crippen LogP contribution in [0, 0.1) is 0 Å². The largest absolute Gasteiger partial charge is 0.497 e. The summed E-state index contributed by atoms with van der Waals surface area (Å²) in [5, 5.41) is 1.27. The number of hydrogen-bond donors (Lipinski definition) is 0. The van der Waals surface area contributed by atoms with Gasteiger partial charge in [0, 0.05) is 16.0 Å². The highest BCUT2D eigenvalue weighted by Gasteiger charge is 2.15. The quantitative estimate of drug-likeness (QED) is 0.610. The highest BCUT2D eigenvalue weighted by atomic mass is 79.9. The molecule has 0 saturated heterocycles. The maximum Gasteiger partial charge on any atom is 0.119 e. The molecule has 0 saturated carbocycles. The lowest BCUT2D eigenvalue weighted by Crippen LogP contribution is -1.94. The lowest BCUT2D eigenvalue weighted by molar-refractivity contribution is 0.415. The molecule has 0 aliphatic heterocycles. The Balaban J connectivity index is 2.26. The molecule has 0 bridgehead atoms. The molecule has 2 aromatic carbocycles. The van der Waals surface area contributed by atoms with E-state index in [4.69, 9.17) is 4.74 Å². The average Bonchev–Trinajstić information content (AvgIpc) is 2.79. The second-order valence-corrected chi connectivity index (χ2v) is 5.94. The number of nitrogens with zero attached hydrogens (tertiary/aromatic N) is 1. The van der Waals surface area contributed by atoms with Crippen LogP contribution in [0.1, 0.15) is 0 Å². The molecular weight excluding hydrogens is 334 g/mol. The molecule has 1 heterocycles. The van der Waals surface area contributed by atoms with Gasteiger partial charge in [0.25, 0.3) is 0 Å². The first-order chi connectivity index (χ1) is 9.76. The molecule has 4 heteroatoms. The number of benzene rings is 2. The van der Waals surface area contributed by atoms with Crippen molar-refractivity contribution < 1.29 is 4.74 Å². The van der Waals surface area contributed by atoms with Gasteiger partial charge in [-0.2, -0.15) is 0 Å². The van der Waals surface area contributed by atoms with Crippen molar-refractivity contribution in [2.75, 3.05) is 13.4 Å². The first-order valence-electron chi connectivity index (χ1n) is 6.23. The molecule has 20 heavy (non-hydrogen) atoms. The molecule has 0 aliphatic carbocycles. The van der Waals surface area contributed by atoms with Crippen molar-refractivity contribution in [1.29, 1.82) is 0 Å². The fourth-order valence-electron chi connectivity index (χ4n) is 2.36. The molecule has 0 fully saturated rings. The van der Waals surface area contributed by atoms with Crippen molar-refractivity contribution >= 4 is 38.6 Å². The van der Waals surface area contributed by atoms with E-state index in [1.54, 1.807) is 18.9 Å². The minimum absolute atomic E-state index is 0.867. The number of aromatic nitrogens is 1. The minimum Gasteiger partial charge on any atom is -0.497 e. The average molecular weight is 348 g/mol. The zero-order chi connectivity index (χ0) is 14.1. The SMILES string of the molecule is COc1ccc(-n2c(Br)c(SC)c3ccccc32)cc1. The number of rotatable bonds is 3. The molecule has 0 spiro atoms. The summed E-state index contributed by atoms with van der Waals surface area (Å²) in [7, 11) is 1.68. The van der Waals surface area contributed by atoms with Crippen molar-refractivity contribution in [2.24, 2.45) is 0 Å². The van der Waals surface area contributed by atoms with Crippen LogP contribution in [-0.4, -0.2) is 17.9 Å². The molecule has 2 nitrogen and oxygen atoms in total. The first-order valence-corrected chi connectivity index (χ1v) is 8.25. The Morgan fingerprint density at radius 3 is 2.40 bits per heavy atom. The van der Waals surface area contributed by atoms with Crippen molar-refractivity contribution in [3.05, 3.63) is 53.1 Å². The molecule has 3 rings (SSSR count). The van der Waals surface area contributed by atoms with E-state index < -0.39 is 0 Å². The monoisotopic (exact) mass is 347 g/mol. The summed E-state index contributed by atoms with van der Waals surface area (Å²) in [6.45, 7) is 0. The van der Waals surface area contributed by atoms with Gasteiger partial charge in [-0.3, -0.25) is 0 Å². The van der Waals surface area contributed by atoms with Crippen LogP contribution >= 0.6 is 27.7 Å². The molecule has 0 amide bonds. The Kier molecular flexibility index (Phi) is 3.76. The second kappa shape index (κ2) is 5.54. The third kappa shape index (κ3) is 2.13. The Bertz CT molecular complexity index is 749. The van der Waals surface area contributed by atoms with Crippen molar-refractivity contribution in [3.63, 3.8) is 0 Å². The Morgan fingerprint density at radius 2 is 1.75 bits per heavy atom. The molecular formula is C16H14BrNOS.